The zero-order valence-electron chi connectivity index (χ0n) is 10.9. The van der Waals surface area contributed by atoms with Gasteiger partial charge in [-0.1, -0.05) is 54.1 Å². The average molecular weight is 261 g/mol. The van der Waals surface area contributed by atoms with Crippen molar-refractivity contribution in [2.45, 2.75) is 26.4 Å². The fraction of sp³-hybridized carbons (Fsp3) is 0.250. The lowest BCUT2D eigenvalue weighted by Gasteiger charge is -2.07. The minimum atomic E-state index is -2.39. The predicted octanol–water partition coefficient (Wildman–Crippen LogP) is 4.22. The van der Waals surface area contributed by atoms with E-state index in [9.17, 15) is 8.78 Å². The Labute approximate surface area is 112 Å². The van der Waals surface area contributed by atoms with Gasteiger partial charge in [0.1, 0.15) is 0 Å². The molecule has 0 aliphatic heterocycles. The molecule has 0 radical (unpaired) electrons. The van der Waals surface area contributed by atoms with E-state index < -0.39 is 6.43 Å². The minimum absolute atomic E-state index is 0.0717. The Kier molecular flexibility index (Phi) is 4.63. The molecule has 0 aromatic heterocycles. The second-order valence-corrected chi connectivity index (χ2v) is 4.63. The molecule has 0 fully saturated rings. The molecule has 0 atom stereocenters. The van der Waals surface area contributed by atoms with Gasteiger partial charge < -0.3 is 5.32 Å². The molecule has 0 aliphatic rings. The number of benzene rings is 2. The van der Waals surface area contributed by atoms with Crippen molar-refractivity contribution < 1.29 is 8.78 Å². The van der Waals surface area contributed by atoms with Gasteiger partial charge in [0, 0.05) is 18.7 Å². The summed E-state index contributed by atoms with van der Waals surface area (Å²) < 4.78 is 24.8. The van der Waals surface area contributed by atoms with Gasteiger partial charge in [0.2, 0.25) is 0 Å². The number of nitrogens with one attached hydrogen (secondary N) is 1. The van der Waals surface area contributed by atoms with Gasteiger partial charge in [0.25, 0.3) is 6.43 Å². The van der Waals surface area contributed by atoms with Gasteiger partial charge in [0.05, 0.1) is 0 Å². The molecule has 2 aromatic rings. The predicted molar refractivity (Wildman–Crippen MR) is 73.1 cm³/mol. The van der Waals surface area contributed by atoms with Crippen LogP contribution in [0.5, 0.6) is 0 Å². The molecule has 0 spiro atoms. The Bertz CT molecular complexity index is 521. The summed E-state index contributed by atoms with van der Waals surface area (Å²) in [5.41, 5.74) is 3.55. The third kappa shape index (κ3) is 4.14. The summed E-state index contributed by atoms with van der Waals surface area (Å²) in [7, 11) is 0. The largest absolute Gasteiger partial charge is 0.309 e. The second kappa shape index (κ2) is 6.43. The van der Waals surface area contributed by atoms with Crippen molar-refractivity contribution >= 4 is 0 Å². The minimum Gasteiger partial charge on any atom is -0.309 e. The van der Waals surface area contributed by atoms with Crippen LogP contribution < -0.4 is 5.32 Å². The summed E-state index contributed by atoms with van der Waals surface area (Å²) >= 11 is 0. The molecule has 0 aliphatic carbocycles. The fourth-order valence-electron chi connectivity index (χ4n) is 1.95. The van der Waals surface area contributed by atoms with Gasteiger partial charge in [-0.05, 0) is 18.1 Å². The van der Waals surface area contributed by atoms with Gasteiger partial charge in [0.15, 0.2) is 0 Å². The van der Waals surface area contributed by atoms with Crippen molar-refractivity contribution in [3.05, 3.63) is 70.8 Å². The topological polar surface area (TPSA) is 12.0 Å². The molecule has 1 nitrogen and oxygen atoms in total. The third-order valence-electron chi connectivity index (χ3n) is 2.97. The van der Waals surface area contributed by atoms with Crippen LogP contribution in [0.25, 0.3) is 0 Å². The van der Waals surface area contributed by atoms with Crippen LogP contribution in [0, 0.1) is 6.92 Å². The Morgan fingerprint density at radius 1 is 0.947 bits per heavy atom. The van der Waals surface area contributed by atoms with Gasteiger partial charge in [-0.15, -0.1) is 0 Å². The Balaban J connectivity index is 1.85. The number of hydrogen-bond acceptors (Lipinski definition) is 1. The lowest BCUT2D eigenvalue weighted by Crippen LogP contribution is -2.12. The summed E-state index contributed by atoms with van der Waals surface area (Å²) in [6.45, 7) is 3.52. The highest BCUT2D eigenvalue weighted by Crippen LogP contribution is 2.18. The number of aryl methyl sites for hydroxylation is 1. The van der Waals surface area contributed by atoms with Crippen LogP contribution in [0.4, 0.5) is 8.78 Å². The third-order valence-corrected chi connectivity index (χ3v) is 2.97. The monoisotopic (exact) mass is 261 g/mol. The highest BCUT2D eigenvalue weighted by molar-refractivity contribution is 5.24. The Morgan fingerprint density at radius 2 is 1.63 bits per heavy atom. The van der Waals surface area contributed by atoms with Gasteiger partial charge in [-0.25, -0.2) is 8.78 Å². The lowest BCUT2D eigenvalue weighted by molar-refractivity contribution is 0.151. The quantitative estimate of drug-likeness (QED) is 0.849. The molecular weight excluding hydrogens is 244 g/mol. The van der Waals surface area contributed by atoms with Crippen molar-refractivity contribution in [2.24, 2.45) is 0 Å². The summed E-state index contributed by atoms with van der Waals surface area (Å²) in [4.78, 5) is 0. The zero-order chi connectivity index (χ0) is 13.7. The molecule has 3 heteroatoms. The highest BCUT2D eigenvalue weighted by atomic mass is 19.3. The van der Waals surface area contributed by atoms with Crippen LogP contribution in [0.3, 0.4) is 0 Å². The maximum atomic E-state index is 12.4. The van der Waals surface area contributed by atoms with E-state index in [1.54, 1.807) is 12.1 Å². The van der Waals surface area contributed by atoms with E-state index in [1.165, 1.54) is 23.3 Å². The van der Waals surface area contributed by atoms with Crippen molar-refractivity contribution in [3.63, 3.8) is 0 Å². The molecule has 100 valence electrons. The normalized spacial score (nSPS) is 10.9. The molecule has 1 N–H and O–H groups in total. The maximum Gasteiger partial charge on any atom is 0.263 e. The van der Waals surface area contributed by atoms with E-state index in [2.05, 4.69) is 30.4 Å². The number of alkyl halides is 2. The van der Waals surface area contributed by atoms with Gasteiger partial charge >= 0.3 is 0 Å². The zero-order valence-corrected chi connectivity index (χ0v) is 10.9. The van der Waals surface area contributed by atoms with E-state index in [-0.39, 0.29) is 5.56 Å². The van der Waals surface area contributed by atoms with Gasteiger partial charge in [-0.2, -0.15) is 0 Å². The van der Waals surface area contributed by atoms with Crippen molar-refractivity contribution in [3.8, 4) is 0 Å². The van der Waals surface area contributed by atoms with Crippen LogP contribution in [0.2, 0.25) is 0 Å². The molecule has 0 bridgehead atoms. The average Bonchev–Trinajstić information content (AvgIpc) is 2.39. The van der Waals surface area contributed by atoms with Crippen LogP contribution in [0.1, 0.15) is 28.7 Å². The van der Waals surface area contributed by atoms with Crippen LogP contribution in [-0.2, 0) is 13.1 Å². The Morgan fingerprint density at radius 3 is 2.26 bits per heavy atom. The first kappa shape index (κ1) is 13.7. The van der Waals surface area contributed by atoms with E-state index in [4.69, 9.17) is 0 Å². The molecule has 19 heavy (non-hydrogen) atoms. The first-order valence-corrected chi connectivity index (χ1v) is 6.28. The molecule has 0 unspecified atom stereocenters. The van der Waals surface area contributed by atoms with Crippen LogP contribution >= 0.6 is 0 Å². The Hall–Kier alpha value is -1.74. The fourth-order valence-corrected chi connectivity index (χ4v) is 1.95. The number of halogens is 2. The molecule has 2 rings (SSSR count). The molecule has 0 saturated heterocycles. The number of hydrogen-bond donors (Lipinski definition) is 1. The SMILES string of the molecule is Cc1cccc(CNCc2ccc(C(F)F)cc2)c1. The van der Waals surface area contributed by atoms with Gasteiger partial charge in [-0.3, -0.25) is 0 Å². The summed E-state index contributed by atoms with van der Waals surface area (Å²) in [6, 6.07) is 14.7. The standard InChI is InChI=1S/C16H17F2N/c1-12-3-2-4-14(9-12)11-19-10-13-5-7-15(8-6-13)16(17)18/h2-9,16,19H,10-11H2,1H3. The molecule has 0 heterocycles. The first-order valence-electron chi connectivity index (χ1n) is 6.28. The second-order valence-electron chi connectivity index (χ2n) is 4.63. The molecular formula is C16H17F2N. The van der Waals surface area contributed by atoms with Crippen molar-refractivity contribution in [2.75, 3.05) is 0 Å². The molecule has 0 amide bonds. The van der Waals surface area contributed by atoms with E-state index in [0.717, 1.165) is 12.1 Å². The van der Waals surface area contributed by atoms with E-state index in [0.29, 0.717) is 6.54 Å². The van der Waals surface area contributed by atoms with Crippen molar-refractivity contribution in [1.29, 1.82) is 0 Å². The molecule has 2 aromatic carbocycles. The van der Waals surface area contributed by atoms with Crippen LogP contribution in [0.15, 0.2) is 48.5 Å². The van der Waals surface area contributed by atoms with E-state index >= 15 is 0 Å². The summed E-state index contributed by atoms with van der Waals surface area (Å²) in [5, 5.41) is 3.31. The smallest absolute Gasteiger partial charge is 0.263 e. The molecule has 0 saturated carbocycles. The van der Waals surface area contributed by atoms with Crippen molar-refractivity contribution in [1.82, 2.24) is 5.32 Å². The van der Waals surface area contributed by atoms with E-state index in [1.807, 2.05) is 6.07 Å². The summed E-state index contributed by atoms with van der Waals surface area (Å²) in [6.07, 6.45) is -2.39. The van der Waals surface area contributed by atoms with Crippen LogP contribution in [-0.4, -0.2) is 0 Å². The highest BCUT2D eigenvalue weighted by Gasteiger charge is 2.05. The number of rotatable bonds is 5. The summed E-state index contributed by atoms with van der Waals surface area (Å²) in [5.74, 6) is 0. The maximum absolute atomic E-state index is 12.4. The first-order chi connectivity index (χ1) is 9.15. The lowest BCUT2D eigenvalue weighted by atomic mass is 10.1.